The molecule has 2 amide bonds. The number of carbonyl (C=O) groups excluding carboxylic acids is 2. The van der Waals surface area contributed by atoms with Crippen LogP contribution in [0, 0.1) is 0 Å². The van der Waals surface area contributed by atoms with Gasteiger partial charge in [0.25, 0.3) is 11.8 Å². The number of halogens is 1. The summed E-state index contributed by atoms with van der Waals surface area (Å²) in [6.07, 6.45) is 1.79. The van der Waals surface area contributed by atoms with Gasteiger partial charge in [-0.15, -0.1) is 0 Å². The number of ether oxygens (including phenoxy) is 1. The molecule has 3 aromatic carbocycles. The van der Waals surface area contributed by atoms with E-state index in [0.29, 0.717) is 25.7 Å². The van der Waals surface area contributed by atoms with Crippen molar-refractivity contribution in [3.05, 3.63) is 94.4 Å². The van der Waals surface area contributed by atoms with Crippen molar-refractivity contribution in [3.63, 3.8) is 0 Å². The highest BCUT2D eigenvalue weighted by Crippen LogP contribution is 2.36. The smallest absolute Gasteiger partial charge is 0.270 e. The minimum atomic E-state index is -0.277. The predicted octanol–water partition coefficient (Wildman–Crippen LogP) is 5.76. The minimum Gasteiger partial charge on any atom is -0.484 e. The average Bonchev–Trinajstić information content (AvgIpc) is 3.08. The average molecular weight is 481 g/mol. The summed E-state index contributed by atoms with van der Waals surface area (Å²) in [5.41, 5.74) is 2.22. The molecule has 0 radical (unpaired) electrons. The van der Waals surface area contributed by atoms with Crippen molar-refractivity contribution in [1.82, 2.24) is 0 Å². The van der Waals surface area contributed by atoms with Crippen molar-refractivity contribution in [2.24, 2.45) is 0 Å². The lowest BCUT2D eigenvalue weighted by Crippen LogP contribution is -2.27. The molecule has 1 N–H and O–H groups in total. The lowest BCUT2D eigenvalue weighted by atomic mass is 10.2. The van der Waals surface area contributed by atoms with Gasteiger partial charge in [0.2, 0.25) is 0 Å². The summed E-state index contributed by atoms with van der Waals surface area (Å²) >= 11 is 12.5. The number of thiocarbonyl (C=S) groups is 1. The number of rotatable bonds is 6. The highest BCUT2D eigenvalue weighted by molar-refractivity contribution is 8.27. The van der Waals surface area contributed by atoms with E-state index in [9.17, 15) is 9.59 Å². The first-order valence-electron chi connectivity index (χ1n) is 9.61. The third-order valence-corrected chi connectivity index (χ3v) is 6.04. The molecule has 0 bridgehead atoms. The Morgan fingerprint density at radius 3 is 2.41 bits per heavy atom. The van der Waals surface area contributed by atoms with Crippen LogP contribution in [-0.2, 0) is 9.59 Å². The molecule has 32 heavy (non-hydrogen) atoms. The number of hydrogen-bond acceptors (Lipinski definition) is 5. The second-order valence-electron chi connectivity index (χ2n) is 6.77. The number of benzene rings is 3. The number of amides is 2. The highest BCUT2D eigenvalue weighted by Gasteiger charge is 2.33. The van der Waals surface area contributed by atoms with Crippen molar-refractivity contribution in [2.45, 2.75) is 0 Å². The molecule has 1 aliphatic rings. The summed E-state index contributed by atoms with van der Waals surface area (Å²) in [6, 6.07) is 23.3. The molecule has 0 unspecified atom stereocenters. The molecule has 8 heteroatoms. The molecule has 1 heterocycles. The third kappa shape index (κ3) is 5.37. The monoisotopic (exact) mass is 480 g/mol. The Morgan fingerprint density at radius 1 is 1.03 bits per heavy atom. The van der Waals surface area contributed by atoms with Crippen LogP contribution in [-0.4, -0.2) is 22.7 Å². The zero-order chi connectivity index (χ0) is 22.5. The van der Waals surface area contributed by atoms with E-state index in [1.54, 1.807) is 42.5 Å². The summed E-state index contributed by atoms with van der Waals surface area (Å²) in [5.74, 6) is 0.122. The van der Waals surface area contributed by atoms with Gasteiger partial charge in [-0.25, -0.2) is 0 Å². The van der Waals surface area contributed by atoms with Gasteiger partial charge in [0.15, 0.2) is 10.9 Å². The molecule has 160 valence electrons. The molecule has 0 saturated carbocycles. The SMILES string of the molecule is O=C(COc1ccc(/C=C2\SC(=S)N(c3ccccc3)C2=O)cc1)Nc1ccc(Cl)cc1. The molecular formula is C24H17ClN2O3S2. The first kappa shape index (κ1) is 22.1. The van der Waals surface area contributed by atoms with Crippen LogP contribution in [0.1, 0.15) is 5.56 Å². The Morgan fingerprint density at radius 2 is 1.72 bits per heavy atom. The van der Waals surface area contributed by atoms with E-state index in [2.05, 4.69) is 5.32 Å². The lowest BCUT2D eigenvalue weighted by Gasteiger charge is -2.13. The summed E-state index contributed by atoms with van der Waals surface area (Å²) in [7, 11) is 0. The topological polar surface area (TPSA) is 58.6 Å². The van der Waals surface area contributed by atoms with Crippen LogP contribution in [0.25, 0.3) is 6.08 Å². The second kappa shape index (κ2) is 9.99. The maximum atomic E-state index is 12.8. The van der Waals surface area contributed by atoms with Crippen molar-refractivity contribution < 1.29 is 14.3 Å². The Labute approximate surface area is 200 Å². The first-order chi connectivity index (χ1) is 15.5. The van der Waals surface area contributed by atoms with E-state index in [1.807, 2.05) is 42.5 Å². The highest BCUT2D eigenvalue weighted by atomic mass is 35.5. The van der Waals surface area contributed by atoms with Crippen molar-refractivity contribution >= 4 is 69.2 Å². The van der Waals surface area contributed by atoms with Crippen LogP contribution >= 0.6 is 35.6 Å². The number of thioether (sulfide) groups is 1. The van der Waals surface area contributed by atoms with Crippen LogP contribution in [0.2, 0.25) is 5.02 Å². The molecule has 1 aliphatic heterocycles. The molecule has 0 aromatic heterocycles. The van der Waals surface area contributed by atoms with E-state index in [0.717, 1.165) is 11.3 Å². The largest absolute Gasteiger partial charge is 0.484 e. The first-order valence-corrected chi connectivity index (χ1v) is 11.2. The number of hydrogen-bond donors (Lipinski definition) is 1. The van der Waals surface area contributed by atoms with E-state index < -0.39 is 0 Å². The zero-order valence-electron chi connectivity index (χ0n) is 16.7. The number of nitrogens with one attached hydrogen (secondary N) is 1. The third-order valence-electron chi connectivity index (χ3n) is 4.48. The van der Waals surface area contributed by atoms with Gasteiger partial charge >= 0.3 is 0 Å². The van der Waals surface area contributed by atoms with Crippen LogP contribution < -0.4 is 15.0 Å². The fourth-order valence-electron chi connectivity index (χ4n) is 2.96. The molecule has 1 saturated heterocycles. The number of para-hydroxylation sites is 1. The van der Waals surface area contributed by atoms with Crippen LogP contribution in [0.3, 0.4) is 0 Å². The van der Waals surface area contributed by atoms with Crippen molar-refractivity contribution in [3.8, 4) is 5.75 Å². The zero-order valence-corrected chi connectivity index (χ0v) is 19.0. The maximum Gasteiger partial charge on any atom is 0.270 e. The molecule has 1 fully saturated rings. The van der Waals surface area contributed by atoms with Gasteiger partial charge in [-0.1, -0.05) is 65.9 Å². The quantitative estimate of drug-likeness (QED) is 0.359. The Hall–Kier alpha value is -3.13. The predicted molar refractivity (Wildman–Crippen MR) is 134 cm³/mol. The molecule has 4 rings (SSSR count). The van der Waals surface area contributed by atoms with Crippen molar-refractivity contribution in [2.75, 3.05) is 16.8 Å². The maximum absolute atomic E-state index is 12.8. The van der Waals surface area contributed by atoms with Gasteiger partial charge in [-0.2, -0.15) is 0 Å². The Balaban J connectivity index is 1.36. The molecule has 3 aromatic rings. The lowest BCUT2D eigenvalue weighted by molar-refractivity contribution is -0.118. The normalized spacial score (nSPS) is 14.7. The molecular weight excluding hydrogens is 464 g/mol. The van der Waals surface area contributed by atoms with Gasteiger partial charge in [0, 0.05) is 10.7 Å². The molecule has 0 spiro atoms. The summed E-state index contributed by atoms with van der Waals surface area (Å²) in [4.78, 5) is 26.9. The van der Waals surface area contributed by atoms with Crippen LogP contribution in [0.15, 0.2) is 83.8 Å². The summed E-state index contributed by atoms with van der Waals surface area (Å²) in [6.45, 7) is -0.127. The fourth-order valence-corrected chi connectivity index (χ4v) is 4.38. The van der Waals surface area contributed by atoms with E-state index in [4.69, 9.17) is 28.6 Å². The fraction of sp³-hybridized carbons (Fsp3) is 0.0417. The second-order valence-corrected chi connectivity index (χ2v) is 8.88. The van der Waals surface area contributed by atoms with Gasteiger partial charge in [-0.3, -0.25) is 14.5 Å². The number of anilines is 2. The van der Waals surface area contributed by atoms with Gasteiger partial charge in [-0.05, 0) is 60.2 Å². The van der Waals surface area contributed by atoms with Gasteiger partial charge in [0.05, 0.1) is 10.6 Å². The molecule has 0 atom stereocenters. The Kier molecular flexibility index (Phi) is 6.90. The van der Waals surface area contributed by atoms with Crippen LogP contribution in [0.4, 0.5) is 11.4 Å². The number of nitrogens with zero attached hydrogens (tertiary/aromatic N) is 1. The van der Waals surface area contributed by atoms with E-state index in [-0.39, 0.29) is 18.4 Å². The van der Waals surface area contributed by atoms with Gasteiger partial charge < -0.3 is 10.1 Å². The summed E-state index contributed by atoms with van der Waals surface area (Å²) in [5, 5.41) is 3.34. The molecule has 5 nitrogen and oxygen atoms in total. The van der Waals surface area contributed by atoms with E-state index in [1.165, 1.54) is 16.7 Å². The van der Waals surface area contributed by atoms with Crippen LogP contribution in [0.5, 0.6) is 5.75 Å². The molecule has 0 aliphatic carbocycles. The minimum absolute atomic E-state index is 0.127. The van der Waals surface area contributed by atoms with Crippen molar-refractivity contribution in [1.29, 1.82) is 0 Å². The number of carbonyl (C=O) groups is 2. The van der Waals surface area contributed by atoms with Gasteiger partial charge in [0.1, 0.15) is 5.75 Å². The summed E-state index contributed by atoms with van der Waals surface area (Å²) < 4.78 is 6.04. The van der Waals surface area contributed by atoms with E-state index >= 15 is 0 Å². The Bertz CT molecular complexity index is 1180. The standard InChI is InChI=1S/C24H17ClN2O3S2/c25-17-8-10-18(11-9-17)26-22(28)15-30-20-12-6-16(7-13-20)14-21-23(29)27(24(31)32-21)19-4-2-1-3-5-19/h1-14H,15H2,(H,26,28)/b21-14-.